The van der Waals surface area contributed by atoms with Gasteiger partial charge in [0.05, 0.1) is 6.54 Å². The molecular formula is C18H20ClN5OS. The molecule has 2 N–H and O–H groups in total. The molecule has 1 atom stereocenters. The number of nitrogens with one attached hydrogen (secondary N) is 2. The van der Waals surface area contributed by atoms with E-state index in [-0.39, 0.29) is 0 Å². The van der Waals surface area contributed by atoms with Crippen LogP contribution >= 0.6 is 22.9 Å². The van der Waals surface area contributed by atoms with Crippen molar-refractivity contribution in [3.05, 3.63) is 57.6 Å². The molecule has 3 rings (SSSR count). The molecule has 0 bridgehead atoms. The standard InChI is InChI=1S/C18H20ClN5OS/c1-12(14-6-7-26-11-14)9-21-18(20-2)22-10-16-23-17(24-25-16)13-4-3-5-15(19)8-13/h3-8,11-12H,9-10H2,1-2H3,(H2,20,21,22). The van der Waals surface area contributed by atoms with Crippen LogP contribution in [0.25, 0.3) is 11.4 Å². The zero-order valence-corrected chi connectivity index (χ0v) is 16.1. The van der Waals surface area contributed by atoms with Gasteiger partial charge in [0.25, 0.3) is 0 Å². The van der Waals surface area contributed by atoms with Gasteiger partial charge in [-0.1, -0.05) is 35.8 Å². The lowest BCUT2D eigenvalue weighted by Crippen LogP contribution is -2.38. The first kappa shape index (κ1) is 18.4. The summed E-state index contributed by atoms with van der Waals surface area (Å²) in [5.41, 5.74) is 2.14. The topological polar surface area (TPSA) is 75.3 Å². The fourth-order valence-corrected chi connectivity index (χ4v) is 3.35. The Bertz CT molecular complexity index is 862. The molecule has 0 fully saturated rings. The highest BCUT2D eigenvalue weighted by atomic mass is 35.5. The molecule has 0 aliphatic carbocycles. The molecule has 2 heterocycles. The Morgan fingerprint density at radius 3 is 2.96 bits per heavy atom. The van der Waals surface area contributed by atoms with Gasteiger partial charge >= 0.3 is 0 Å². The number of hydrogen-bond acceptors (Lipinski definition) is 5. The van der Waals surface area contributed by atoms with Crippen LogP contribution in [0.4, 0.5) is 0 Å². The highest BCUT2D eigenvalue weighted by Crippen LogP contribution is 2.20. The van der Waals surface area contributed by atoms with Gasteiger partial charge in [-0.15, -0.1) is 0 Å². The van der Waals surface area contributed by atoms with Crippen molar-refractivity contribution < 1.29 is 4.52 Å². The molecule has 0 spiro atoms. The average molecular weight is 390 g/mol. The Labute approximate surface area is 161 Å². The minimum absolute atomic E-state index is 0.389. The number of benzene rings is 1. The molecule has 0 saturated carbocycles. The third-order valence-corrected chi connectivity index (χ3v) is 4.81. The molecule has 0 radical (unpaired) electrons. The van der Waals surface area contributed by atoms with Crippen LogP contribution in [0, 0.1) is 0 Å². The largest absolute Gasteiger partial charge is 0.356 e. The number of rotatable bonds is 6. The van der Waals surface area contributed by atoms with Crippen molar-refractivity contribution >= 4 is 28.9 Å². The van der Waals surface area contributed by atoms with Gasteiger partial charge in [0, 0.05) is 24.2 Å². The summed E-state index contributed by atoms with van der Waals surface area (Å²) in [4.78, 5) is 8.61. The number of thiophene rings is 1. The first-order valence-corrected chi connectivity index (χ1v) is 9.53. The molecule has 8 heteroatoms. The molecule has 0 aliphatic rings. The molecule has 136 valence electrons. The maximum absolute atomic E-state index is 6.00. The van der Waals surface area contributed by atoms with Crippen LogP contribution in [0.5, 0.6) is 0 Å². The monoisotopic (exact) mass is 389 g/mol. The van der Waals surface area contributed by atoms with E-state index in [2.05, 4.69) is 49.5 Å². The Morgan fingerprint density at radius 1 is 1.35 bits per heavy atom. The van der Waals surface area contributed by atoms with Gasteiger partial charge in [-0.25, -0.2) is 0 Å². The zero-order valence-electron chi connectivity index (χ0n) is 14.6. The van der Waals surface area contributed by atoms with Gasteiger partial charge in [-0.2, -0.15) is 16.3 Å². The lowest BCUT2D eigenvalue weighted by atomic mass is 10.1. The second kappa shape index (κ2) is 8.82. The van der Waals surface area contributed by atoms with Crippen LogP contribution in [0.1, 0.15) is 24.3 Å². The quantitative estimate of drug-likeness (QED) is 0.493. The molecule has 2 aromatic heterocycles. The molecule has 1 aromatic carbocycles. The van der Waals surface area contributed by atoms with E-state index in [1.54, 1.807) is 30.5 Å². The minimum atomic E-state index is 0.389. The molecule has 0 saturated heterocycles. The van der Waals surface area contributed by atoms with Crippen LogP contribution in [0.3, 0.4) is 0 Å². The molecular weight excluding hydrogens is 370 g/mol. The Morgan fingerprint density at radius 2 is 2.23 bits per heavy atom. The number of aromatic nitrogens is 2. The predicted molar refractivity (Wildman–Crippen MR) is 106 cm³/mol. The minimum Gasteiger partial charge on any atom is -0.356 e. The summed E-state index contributed by atoms with van der Waals surface area (Å²) in [7, 11) is 1.73. The first-order chi connectivity index (χ1) is 12.7. The van der Waals surface area contributed by atoms with Crippen LogP contribution in [-0.2, 0) is 6.54 Å². The molecule has 3 aromatic rings. The molecule has 0 aliphatic heterocycles. The average Bonchev–Trinajstić information content (AvgIpc) is 3.34. The van der Waals surface area contributed by atoms with Gasteiger partial charge in [0.2, 0.25) is 11.7 Å². The van der Waals surface area contributed by atoms with Gasteiger partial charge in [0.15, 0.2) is 5.96 Å². The normalized spacial score (nSPS) is 12.8. The van der Waals surface area contributed by atoms with Crippen LogP contribution in [0.15, 0.2) is 50.6 Å². The van der Waals surface area contributed by atoms with E-state index >= 15 is 0 Å². The maximum atomic E-state index is 6.00. The Balaban J connectivity index is 1.53. The van der Waals surface area contributed by atoms with Crippen molar-refractivity contribution in [2.75, 3.05) is 13.6 Å². The lowest BCUT2D eigenvalue weighted by molar-refractivity contribution is 0.375. The van der Waals surface area contributed by atoms with Gasteiger partial charge in [0.1, 0.15) is 0 Å². The summed E-state index contributed by atoms with van der Waals surface area (Å²) in [6, 6.07) is 9.49. The summed E-state index contributed by atoms with van der Waals surface area (Å²) in [6.07, 6.45) is 0. The van der Waals surface area contributed by atoms with E-state index in [1.807, 2.05) is 12.1 Å². The third kappa shape index (κ3) is 4.83. The fourth-order valence-electron chi connectivity index (χ4n) is 2.37. The van der Waals surface area contributed by atoms with Gasteiger partial charge < -0.3 is 15.2 Å². The van der Waals surface area contributed by atoms with Gasteiger partial charge in [-0.3, -0.25) is 4.99 Å². The van der Waals surface area contributed by atoms with Crippen molar-refractivity contribution in [2.24, 2.45) is 4.99 Å². The maximum Gasteiger partial charge on any atom is 0.246 e. The summed E-state index contributed by atoms with van der Waals surface area (Å²) in [6.45, 7) is 3.35. The number of hydrogen-bond donors (Lipinski definition) is 2. The van der Waals surface area contributed by atoms with Crippen molar-refractivity contribution in [3.63, 3.8) is 0 Å². The predicted octanol–water partition coefficient (Wildman–Crippen LogP) is 3.92. The Kier molecular flexibility index (Phi) is 6.25. The SMILES string of the molecule is CN=C(NCc1nc(-c2cccc(Cl)c2)no1)NCC(C)c1ccsc1. The van der Waals surface area contributed by atoms with E-state index < -0.39 is 0 Å². The summed E-state index contributed by atoms with van der Waals surface area (Å²) < 4.78 is 5.29. The highest BCUT2D eigenvalue weighted by molar-refractivity contribution is 7.07. The van der Waals surface area contributed by atoms with E-state index in [1.165, 1.54) is 5.56 Å². The summed E-state index contributed by atoms with van der Waals surface area (Å²) in [5, 5.41) is 15.4. The number of nitrogens with zero attached hydrogens (tertiary/aromatic N) is 3. The number of guanidine groups is 1. The lowest BCUT2D eigenvalue weighted by Gasteiger charge is -2.14. The number of halogens is 1. The van der Waals surface area contributed by atoms with Crippen LogP contribution in [0.2, 0.25) is 5.02 Å². The first-order valence-electron chi connectivity index (χ1n) is 8.21. The van der Waals surface area contributed by atoms with E-state index in [9.17, 15) is 0 Å². The van der Waals surface area contributed by atoms with Crippen molar-refractivity contribution in [1.29, 1.82) is 0 Å². The highest BCUT2D eigenvalue weighted by Gasteiger charge is 2.11. The molecule has 1 unspecified atom stereocenters. The molecule has 26 heavy (non-hydrogen) atoms. The summed E-state index contributed by atoms with van der Waals surface area (Å²) >= 11 is 7.71. The van der Waals surface area contributed by atoms with Crippen molar-refractivity contribution in [2.45, 2.75) is 19.4 Å². The summed E-state index contributed by atoms with van der Waals surface area (Å²) in [5.74, 6) is 2.08. The smallest absolute Gasteiger partial charge is 0.246 e. The van der Waals surface area contributed by atoms with Crippen LogP contribution < -0.4 is 10.6 Å². The molecule has 0 amide bonds. The van der Waals surface area contributed by atoms with E-state index in [0.717, 1.165) is 12.1 Å². The van der Waals surface area contributed by atoms with E-state index in [4.69, 9.17) is 16.1 Å². The molecule has 6 nitrogen and oxygen atoms in total. The van der Waals surface area contributed by atoms with E-state index in [0.29, 0.717) is 35.2 Å². The third-order valence-electron chi connectivity index (χ3n) is 3.87. The van der Waals surface area contributed by atoms with Crippen molar-refractivity contribution in [3.8, 4) is 11.4 Å². The van der Waals surface area contributed by atoms with Crippen LogP contribution in [-0.4, -0.2) is 29.7 Å². The zero-order chi connectivity index (χ0) is 18.4. The fraction of sp³-hybridized carbons (Fsp3) is 0.278. The van der Waals surface area contributed by atoms with Gasteiger partial charge in [-0.05, 0) is 40.4 Å². The second-order valence-electron chi connectivity index (χ2n) is 5.79. The Hall–Kier alpha value is -2.38. The van der Waals surface area contributed by atoms with Crippen molar-refractivity contribution in [1.82, 2.24) is 20.8 Å². The second-order valence-corrected chi connectivity index (χ2v) is 7.00. The number of aliphatic imine (C=N–C) groups is 1.